The fourth-order valence-corrected chi connectivity index (χ4v) is 4.26. The molecule has 1 aliphatic heterocycles. The van der Waals surface area contributed by atoms with Gasteiger partial charge in [0.2, 0.25) is 5.91 Å². The molecule has 2 heterocycles. The number of rotatable bonds is 6. The number of carbonyl (C=O) groups is 3. The molecule has 0 bridgehead atoms. The van der Waals surface area contributed by atoms with Crippen LogP contribution >= 0.6 is 11.3 Å². The number of benzene rings is 1. The van der Waals surface area contributed by atoms with Crippen molar-refractivity contribution < 1.29 is 18.8 Å². The van der Waals surface area contributed by atoms with E-state index in [1.54, 1.807) is 29.2 Å². The Labute approximate surface area is 179 Å². The molecule has 2 N–H and O–H groups in total. The van der Waals surface area contributed by atoms with Crippen molar-refractivity contribution in [2.24, 2.45) is 5.92 Å². The van der Waals surface area contributed by atoms with Crippen molar-refractivity contribution in [2.75, 3.05) is 13.1 Å². The van der Waals surface area contributed by atoms with E-state index >= 15 is 0 Å². The first kappa shape index (κ1) is 22.0. The summed E-state index contributed by atoms with van der Waals surface area (Å²) >= 11 is 1.32. The highest BCUT2D eigenvalue weighted by molar-refractivity contribution is 7.12. The summed E-state index contributed by atoms with van der Waals surface area (Å²) in [4.78, 5) is 40.1. The Morgan fingerprint density at radius 3 is 2.37 bits per heavy atom. The SMILES string of the molecule is CC(C)NC(=O)[C@H](NC(=O)c1cccs1)C1CCN(C(=O)c2ccccc2F)CC1. The normalized spacial score (nSPS) is 15.7. The summed E-state index contributed by atoms with van der Waals surface area (Å²) in [5.41, 5.74) is 0.0519. The number of hydrogen-bond acceptors (Lipinski definition) is 4. The van der Waals surface area contributed by atoms with E-state index in [1.165, 1.54) is 23.5 Å². The van der Waals surface area contributed by atoms with E-state index in [1.807, 2.05) is 19.2 Å². The summed E-state index contributed by atoms with van der Waals surface area (Å²) in [6, 6.07) is 8.69. The molecule has 1 atom stereocenters. The Hall–Kier alpha value is -2.74. The van der Waals surface area contributed by atoms with Crippen LogP contribution in [0.2, 0.25) is 0 Å². The summed E-state index contributed by atoms with van der Waals surface area (Å²) in [5, 5.41) is 7.56. The summed E-state index contributed by atoms with van der Waals surface area (Å²) in [5.74, 6) is -1.51. The van der Waals surface area contributed by atoms with Gasteiger partial charge in [-0.05, 0) is 56.2 Å². The van der Waals surface area contributed by atoms with Gasteiger partial charge >= 0.3 is 0 Å². The van der Waals surface area contributed by atoms with E-state index in [9.17, 15) is 18.8 Å². The van der Waals surface area contributed by atoms with Gasteiger partial charge in [0.15, 0.2) is 0 Å². The highest BCUT2D eigenvalue weighted by atomic mass is 32.1. The molecule has 0 radical (unpaired) electrons. The average Bonchev–Trinajstić information content (AvgIpc) is 3.26. The monoisotopic (exact) mass is 431 g/mol. The van der Waals surface area contributed by atoms with Crippen LogP contribution in [0, 0.1) is 11.7 Å². The maximum absolute atomic E-state index is 14.0. The van der Waals surface area contributed by atoms with Gasteiger partial charge in [0.1, 0.15) is 11.9 Å². The van der Waals surface area contributed by atoms with Crippen molar-refractivity contribution >= 4 is 29.1 Å². The molecule has 1 fully saturated rings. The Balaban J connectivity index is 1.68. The van der Waals surface area contributed by atoms with Gasteiger partial charge in [0.05, 0.1) is 10.4 Å². The number of likely N-dealkylation sites (tertiary alicyclic amines) is 1. The molecule has 3 amide bonds. The Morgan fingerprint density at radius 2 is 1.77 bits per heavy atom. The zero-order chi connectivity index (χ0) is 21.7. The lowest BCUT2D eigenvalue weighted by Gasteiger charge is -2.36. The predicted molar refractivity (Wildman–Crippen MR) is 114 cm³/mol. The Kier molecular flexibility index (Phi) is 7.20. The van der Waals surface area contributed by atoms with Gasteiger partial charge in [0, 0.05) is 19.1 Å². The number of thiophene rings is 1. The molecule has 1 saturated heterocycles. The van der Waals surface area contributed by atoms with Crippen molar-refractivity contribution in [3.8, 4) is 0 Å². The quantitative estimate of drug-likeness (QED) is 0.738. The van der Waals surface area contributed by atoms with Gasteiger partial charge in [-0.15, -0.1) is 11.3 Å². The third-order valence-electron chi connectivity index (χ3n) is 5.15. The molecule has 3 rings (SSSR count). The standard InChI is InChI=1S/C22H26FN3O3S/c1-14(2)24-21(28)19(25-20(27)18-8-5-13-30-18)15-9-11-26(12-10-15)22(29)16-6-3-4-7-17(16)23/h3-8,13-15,19H,9-12H2,1-2H3,(H,24,28)(H,25,27)/t19-/m1/s1. The summed E-state index contributed by atoms with van der Waals surface area (Å²) in [6.07, 6.45) is 1.09. The van der Waals surface area contributed by atoms with E-state index < -0.39 is 11.9 Å². The molecular weight excluding hydrogens is 405 g/mol. The molecule has 0 aliphatic carbocycles. The number of nitrogens with zero attached hydrogens (tertiary/aromatic N) is 1. The molecule has 0 spiro atoms. The Bertz CT molecular complexity index is 893. The highest BCUT2D eigenvalue weighted by Crippen LogP contribution is 2.24. The van der Waals surface area contributed by atoms with Crippen LogP contribution in [0.25, 0.3) is 0 Å². The largest absolute Gasteiger partial charge is 0.352 e. The average molecular weight is 432 g/mol. The van der Waals surface area contributed by atoms with Crippen molar-refractivity contribution in [3.63, 3.8) is 0 Å². The summed E-state index contributed by atoms with van der Waals surface area (Å²) < 4.78 is 14.0. The first-order valence-corrected chi connectivity index (χ1v) is 10.9. The Morgan fingerprint density at radius 1 is 1.07 bits per heavy atom. The number of piperidine rings is 1. The minimum atomic E-state index is -0.687. The second-order valence-corrected chi connectivity index (χ2v) is 8.65. The van der Waals surface area contributed by atoms with Crippen LogP contribution in [0.4, 0.5) is 4.39 Å². The maximum atomic E-state index is 14.0. The second-order valence-electron chi connectivity index (χ2n) is 7.70. The molecule has 0 unspecified atom stereocenters. The van der Waals surface area contributed by atoms with E-state index in [0.29, 0.717) is 30.8 Å². The van der Waals surface area contributed by atoms with Crippen LogP contribution in [0.15, 0.2) is 41.8 Å². The lowest BCUT2D eigenvalue weighted by Crippen LogP contribution is -2.54. The molecule has 1 aliphatic rings. The highest BCUT2D eigenvalue weighted by Gasteiger charge is 2.34. The molecule has 30 heavy (non-hydrogen) atoms. The number of carbonyl (C=O) groups excluding carboxylic acids is 3. The van der Waals surface area contributed by atoms with Crippen LogP contribution in [-0.2, 0) is 4.79 Å². The number of nitrogens with one attached hydrogen (secondary N) is 2. The molecular formula is C22H26FN3O3S. The molecule has 1 aromatic heterocycles. The van der Waals surface area contributed by atoms with E-state index in [0.717, 1.165) is 0 Å². The van der Waals surface area contributed by atoms with E-state index in [2.05, 4.69) is 10.6 Å². The van der Waals surface area contributed by atoms with Gasteiger partial charge in [-0.25, -0.2) is 4.39 Å². The third kappa shape index (κ3) is 5.24. The first-order chi connectivity index (χ1) is 14.4. The molecule has 8 heteroatoms. The minimum absolute atomic E-state index is 0.0519. The van der Waals surface area contributed by atoms with Gasteiger partial charge < -0.3 is 15.5 Å². The lowest BCUT2D eigenvalue weighted by atomic mass is 9.88. The van der Waals surface area contributed by atoms with Crippen molar-refractivity contribution in [3.05, 3.63) is 58.0 Å². The van der Waals surface area contributed by atoms with Crippen molar-refractivity contribution in [1.29, 1.82) is 0 Å². The van der Waals surface area contributed by atoms with Crippen LogP contribution in [0.5, 0.6) is 0 Å². The van der Waals surface area contributed by atoms with Crippen LogP contribution in [0.3, 0.4) is 0 Å². The van der Waals surface area contributed by atoms with E-state index in [-0.39, 0.29) is 35.2 Å². The topological polar surface area (TPSA) is 78.5 Å². The second kappa shape index (κ2) is 9.84. The van der Waals surface area contributed by atoms with Gasteiger partial charge in [-0.1, -0.05) is 18.2 Å². The van der Waals surface area contributed by atoms with Crippen LogP contribution in [-0.4, -0.2) is 47.8 Å². The fraction of sp³-hybridized carbons (Fsp3) is 0.409. The van der Waals surface area contributed by atoms with Crippen molar-refractivity contribution in [2.45, 2.75) is 38.8 Å². The summed E-state index contributed by atoms with van der Waals surface area (Å²) in [7, 11) is 0. The molecule has 0 saturated carbocycles. The molecule has 2 aromatic rings. The third-order valence-corrected chi connectivity index (χ3v) is 6.02. The van der Waals surface area contributed by atoms with Gasteiger partial charge in [-0.2, -0.15) is 0 Å². The molecule has 1 aromatic carbocycles. The van der Waals surface area contributed by atoms with E-state index in [4.69, 9.17) is 0 Å². The zero-order valence-electron chi connectivity index (χ0n) is 17.1. The fourth-order valence-electron chi connectivity index (χ4n) is 3.63. The van der Waals surface area contributed by atoms with Gasteiger partial charge in [0.25, 0.3) is 11.8 Å². The lowest BCUT2D eigenvalue weighted by molar-refractivity contribution is -0.125. The molecule has 6 nitrogen and oxygen atoms in total. The smallest absolute Gasteiger partial charge is 0.262 e. The number of amides is 3. The summed E-state index contributed by atoms with van der Waals surface area (Å²) in [6.45, 7) is 4.54. The van der Waals surface area contributed by atoms with Crippen molar-refractivity contribution in [1.82, 2.24) is 15.5 Å². The van der Waals surface area contributed by atoms with Crippen LogP contribution in [0.1, 0.15) is 46.7 Å². The minimum Gasteiger partial charge on any atom is -0.352 e. The number of hydrogen-bond donors (Lipinski definition) is 2. The van der Waals surface area contributed by atoms with Crippen LogP contribution < -0.4 is 10.6 Å². The zero-order valence-corrected chi connectivity index (χ0v) is 17.9. The molecule has 160 valence electrons. The first-order valence-electron chi connectivity index (χ1n) is 10.1. The number of halogens is 1. The van der Waals surface area contributed by atoms with Gasteiger partial charge in [-0.3, -0.25) is 14.4 Å². The maximum Gasteiger partial charge on any atom is 0.262 e. The predicted octanol–water partition coefficient (Wildman–Crippen LogP) is 3.06.